The Morgan fingerprint density at radius 2 is 2.00 bits per heavy atom. The minimum Gasteiger partial charge on any atom is -0.387 e. The van der Waals surface area contributed by atoms with Gasteiger partial charge in [0.25, 0.3) is 17.5 Å². The van der Waals surface area contributed by atoms with Crippen LogP contribution in [0.2, 0.25) is 0 Å². The van der Waals surface area contributed by atoms with Crippen LogP contribution in [0.3, 0.4) is 0 Å². The molecule has 2 saturated heterocycles. The van der Waals surface area contributed by atoms with E-state index >= 15 is 0 Å². The lowest BCUT2D eigenvalue weighted by atomic mass is 10.1. The quantitative estimate of drug-likeness (QED) is 0.363. The highest BCUT2D eigenvalue weighted by Crippen LogP contribution is 2.36. The largest absolute Gasteiger partial charge is 0.387 e. The van der Waals surface area contributed by atoms with Gasteiger partial charge in [-0.15, -0.1) is 0 Å². The molecule has 3 heterocycles. The summed E-state index contributed by atoms with van der Waals surface area (Å²) < 4.78 is 37.8. The average Bonchev–Trinajstić information content (AvgIpc) is 3.30. The number of nitro benzene ring substituents is 1. The molecule has 2 N–H and O–H groups in total. The fourth-order valence-electron chi connectivity index (χ4n) is 4.43. The number of amides is 2. The van der Waals surface area contributed by atoms with Gasteiger partial charge in [-0.05, 0) is 12.1 Å². The monoisotopic (exact) mass is 598 g/mol. The van der Waals surface area contributed by atoms with Gasteiger partial charge >= 0.3 is 6.11 Å². The van der Waals surface area contributed by atoms with Gasteiger partial charge in [0.15, 0.2) is 0 Å². The number of anilines is 2. The summed E-state index contributed by atoms with van der Waals surface area (Å²) in [6.07, 6.45) is -1.12. The van der Waals surface area contributed by atoms with Crippen LogP contribution >= 0.6 is 15.9 Å². The fraction of sp³-hybridized carbons (Fsp3) is 0.435. The van der Waals surface area contributed by atoms with Crippen molar-refractivity contribution in [3.8, 4) is 0 Å². The van der Waals surface area contributed by atoms with Crippen LogP contribution in [-0.4, -0.2) is 96.7 Å². The first-order valence-corrected chi connectivity index (χ1v) is 12.3. The third-order valence-corrected chi connectivity index (χ3v) is 6.76. The van der Waals surface area contributed by atoms with Crippen molar-refractivity contribution < 1.29 is 32.8 Å². The van der Waals surface area contributed by atoms with E-state index < -0.39 is 41.3 Å². The Bertz CT molecular complexity index is 1250. The number of halogens is 3. The second-order valence-electron chi connectivity index (χ2n) is 8.76. The number of pyridine rings is 1. The summed E-state index contributed by atoms with van der Waals surface area (Å²) in [6.45, 7) is -1.22. The van der Waals surface area contributed by atoms with Crippen LogP contribution in [0, 0.1) is 10.1 Å². The number of ether oxygens (including phenoxy) is 2. The molecule has 12 nitrogen and oxygen atoms in total. The Kier molecular flexibility index (Phi) is 8.08. The molecular weight excluding hydrogens is 574 g/mol. The molecule has 2 aromatic rings. The number of aromatic nitrogens is 1. The second-order valence-corrected chi connectivity index (χ2v) is 9.68. The molecule has 0 unspecified atom stereocenters. The Balaban J connectivity index is 1.64. The van der Waals surface area contributed by atoms with Crippen molar-refractivity contribution in [2.75, 3.05) is 57.6 Å². The molecule has 2 aliphatic rings. The van der Waals surface area contributed by atoms with Crippen LogP contribution in [0.5, 0.6) is 0 Å². The molecular formula is C23H25BrF2N6O6. The Morgan fingerprint density at radius 1 is 1.24 bits per heavy atom. The number of hydrogen-bond acceptors (Lipinski definition) is 9. The normalized spacial score (nSPS) is 20.8. The predicted octanol–water partition coefficient (Wildman–Crippen LogP) is 2.81. The van der Waals surface area contributed by atoms with Gasteiger partial charge in [0, 0.05) is 56.7 Å². The SMILES string of the molecule is CNc1cncc(C(=O)N2C[C@H](Nc3c(C(=O)N4CCOC(F)(F)C4)cc(Br)cc3[N+](=O)[O-])[C@@H](OC)C2)c1. The number of alkyl halides is 2. The summed E-state index contributed by atoms with van der Waals surface area (Å²) in [6, 6.07) is 3.54. The zero-order chi connectivity index (χ0) is 27.6. The summed E-state index contributed by atoms with van der Waals surface area (Å²) >= 11 is 3.17. The van der Waals surface area contributed by atoms with Crippen LogP contribution in [0.1, 0.15) is 20.7 Å². The van der Waals surface area contributed by atoms with Crippen LogP contribution in [0.25, 0.3) is 0 Å². The third-order valence-electron chi connectivity index (χ3n) is 6.31. The van der Waals surface area contributed by atoms with Crippen LogP contribution in [-0.2, 0) is 9.47 Å². The number of nitrogens with zero attached hydrogens (tertiary/aromatic N) is 4. The summed E-state index contributed by atoms with van der Waals surface area (Å²) in [4.78, 5) is 44.2. The number of nitrogens with one attached hydrogen (secondary N) is 2. The highest BCUT2D eigenvalue weighted by molar-refractivity contribution is 9.10. The average molecular weight is 599 g/mol. The zero-order valence-corrected chi connectivity index (χ0v) is 22.0. The first kappa shape index (κ1) is 27.6. The van der Waals surface area contributed by atoms with Crippen molar-refractivity contribution >= 4 is 44.8 Å². The van der Waals surface area contributed by atoms with Crippen LogP contribution in [0.15, 0.2) is 35.1 Å². The first-order chi connectivity index (χ1) is 18.0. The predicted molar refractivity (Wildman–Crippen MR) is 135 cm³/mol. The van der Waals surface area contributed by atoms with Crippen molar-refractivity contribution in [2.24, 2.45) is 0 Å². The highest BCUT2D eigenvalue weighted by atomic mass is 79.9. The minimum atomic E-state index is -3.54. The number of methoxy groups -OCH3 is 1. The standard InChI is InChI=1S/C23H25BrF2N6O6/c1-27-15-5-13(8-28-9-15)21(33)31-10-17(19(11-31)37-2)29-20-16(6-14(24)7-18(20)32(35)36)22(34)30-3-4-38-23(25,26)12-30/h5-9,17,19,27,29H,3-4,10-12H2,1-2H3/t17-,19-/m0/s1. The summed E-state index contributed by atoms with van der Waals surface area (Å²) in [5, 5.41) is 17.9. The number of carbonyl (C=O) groups is 2. The van der Waals surface area contributed by atoms with Gasteiger partial charge in [-0.1, -0.05) is 15.9 Å². The molecule has 1 aromatic carbocycles. The number of carbonyl (C=O) groups excluding carboxylic acids is 2. The number of benzene rings is 1. The number of nitro groups is 1. The van der Waals surface area contributed by atoms with Crippen molar-refractivity contribution in [3.05, 3.63) is 56.3 Å². The molecule has 15 heteroatoms. The highest BCUT2D eigenvalue weighted by Gasteiger charge is 2.41. The maximum Gasteiger partial charge on any atom is 0.373 e. The number of hydrogen-bond donors (Lipinski definition) is 2. The van der Waals surface area contributed by atoms with Crippen LogP contribution in [0.4, 0.5) is 25.8 Å². The van der Waals surface area contributed by atoms with Gasteiger partial charge in [0.05, 0.1) is 40.5 Å². The molecule has 2 fully saturated rings. The minimum absolute atomic E-state index is 0.0948. The van der Waals surface area contributed by atoms with E-state index in [1.165, 1.54) is 30.3 Å². The van der Waals surface area contributed by atoms with E-state index in [2.05, 4.69) is 36.3 Å². The zero-order valence-electron chi connectivity index (χ0n) is 20.4. The maximum absolute atomic E-state index is 13.8. The van der Waals surface area contributed by atoms with E-state index in [9.17, 15) is 28.5 Å². The van der Waals surface area contributed by atoms with Gasteiger partial charge in [-0.3, -0.25) is 24.7 Å². The molecule has 0 saturated carbocycles. The van der Waals surface area contributed by atoms with E-state index in [0.717, 1.165) is 4.90 Å². The lowest BCUT2D eigenvalue weighted by molar-refractivity contribution is -0.384. The Hall–Kier alpha value is -3.43. The van der Waals surface area contributed by atoms with E-state index in [1.54, 1.807) is 19.3 Å². The van der Waals surface area contributed by atoms with E-state index in [0.29, 0.717) is 11.3 Å². The molecule has 0 aliphatic carbocycles. The topological polar surface area (TPSA) is 139 Å². The fourth-order valence-corrected chi connectivity index (χ4v) is 4.88. The first-order valence-electron chi connectivity index (χ1n) is 11.5. The van der Waals surface area contributed by atoms with Gasteiger partial charge in [0.1, 0.15) is 12.2 Å². The van der Waals surface area contributed by atoms with Gasteiger partial charge in [0.2, 0.25) is 0 Å². The summed E-state index contributed by atoms with van der Waals surface area (Å²) in [5.74, 6) is -1.15. The lowest BCUT2D eigenvalue weighted by Crippen LogP contribution is -2.49. The van der Waals surface area contributed by atoms with Crippen molar-refractivity contribution in [1.82, 2.24) is 14.8 Å². The molecule has 38 heavy (non-hydrogen) atoms. The number of likely N-dealkylation sites (tertiary alicyclic amines) is 1. The Labute approximate surface area is 224 Å². The molecule has 2 aliphatic heterocycles. The lowest BCUT2D eigenvalue weighted by Gasteiger charge is -2.33. The van der Waals surface area contributed by atoms with Gasteiger partial charge in [-0.2, -0.15) is 8.78 Å². The van der Waals surface area contributed by atoms with E-state index in [-0.39, 0.29) is 47.9 Å². The van der Waals surface area contributed by atoms with E-state index in [1.807, 2.05) is 0 Å². The Morgan fingerprint density at radius 3 is 2.66 bits per heavy atom. The number of morpholine rings is 1. The van der Waals surface area contributed by atoms with Gasteiger partial charge in [-0.25, -0.2) is 0 Å². The third kappa shape index (κ3) is 5.84. The molecule has 204 valence electrons. The molecule has 1 aromatic heterocycles. The van der Waals surface area contributed by atoms with Crippen molar-refractivity contribution in [1.29, 1.82) is 0 Å². The molecule has 2 amide bonds. The molecule has 0 spiro atoms. The number of rotatable bonds is 7. The van der Waals surface area contributed by atoms with Crippen LogP contribution < -0.4 is 10.6 Å². The molecule has 0 radical (unpaired) electrons. The van der Waals surface area contributed by atoms with Crippen molar-refractivity contribution in [3.63, 3.8) is 0 Å². The smallest absolute Gasteiger partial charge is 0.373 e. The van der Waals surface area contributed by atoms with Gasteiger partial charge < -0.3 is 29.9 Å². The summed E-state index contributed by atoms with van der Waals surface area (Å²) in [7, 11) is 3.14. The van der Waals surface area contributed by atoms with Crippen molar-refractivity contribution in [2.45, 2.75) is 18.3 Å². The molecule has 2 atom stereocenters. The molecule has 0 bridgehead atoms. The van der Waals surface area contributed by atoms with E-state index in [4.69, 9.17) is 4.74 Å². The maximum atomic E-state index is 13.8. The summed E-state index contributed by atoms with van der Waals surface area (Å²) in [5.41, 5.74) is 0.224. The second kappa shape index (κ2) is 11.1. The molecule has 4 rings (SSSR count).